The van der Waals surface area contributed by atoms with Gasteiger partial charge in [-0.3, -0.25) is 14.4 Å². The fraction of sp³-hybridized carbons (Fsp3) is 0.611. The lowest BCUT2D eigenvalue weighted by Crippen LogP contribution is -2.49. The third-order valence-corrected chi connectivity index (χ3v) is 5.67. The Morgan fingerprint density at radius 1 is 1.12 bits per heavy atom. The maximum absolute atomic E-state index is 13.0. The Labute approximate surface area is 142 Å². The van der Waals surface area contributed by atoms with Crippen molar-refractivity contribution in [2.45, 2.75) is 33.1 Å². The summed E-state index contributed by atoms with van der Waals surface area (Å²) in [7, 11) is 3.51. The Kier molecular flexibility index (Phi) is 4.01. The topological polar surface area (TPSA) is 62.6 Å². The van der Waals surface area contributed by atoms with Crippen LogP contribution in [0.25, 0.3) is 0 Å². The molecule has 0 radical (unpaired) electrons. The zero-order valence-electron chi connectivity index (χ0n) is 14.9. The highest BCUT2D eigenvalue weighted by Crippen LogP contribution is 2.40. The molecule has 130 valence electrons. The lowest BCUT2D eigenvalue weighted by molar-refractivity contribution is -0.143. The average molecular weight is 331 g/mol. The second-order valence-corrected chi connectivity index (χ2v) is 7.30. The van der Waals surface area contributed by atoms with Crippen LogP contribution < -0.4 is 5.56 Å². The first-order valence-corrected chi connectivity index (χ1v) is 8.49. The number of hydrogen-bond acceptors (Lipinski definition) is 3. The number of aryl methyl sites for hydroxylation is 2. The Hall–Kier alpha value is -2.11. The quantitative estimate of drug-likeness (QED) is 0.774. The van der Waals surface area contributed by atoms with E-state index < -0.39 is 5.41 Å². The van der Waals surface area contributed by atoms with Gasteiger partial charge in [-0.1, -0.05) is 0 Å². The number of carbonyl (C=O) groups is 2. The van der Waals surface area contributed by atoms with Crippen molar-refractivity contribution in [3.8, 4) is 0 Å². The van der Waals surface area contributed by atoms with E-state index in [2.05, 4.69) is 0 Å². The van der Waals surface area contributed by atoms with Crippen LogP contribution in [0.4, 0.5) is 0 Å². The van der Waals surface area contributed by atoms with Gasteiger partial charge in [0.2, 0.25) is 5.91 Å². The van der Waals surface area contributed by atoms with Crippen LogP contribution >= 0.6 is 0 Å². The molecule has 24 heavy (non-hydrogen) atoms. The van der Waals surface area contributed by atoms with Gasteiger partial charge < -0.3 is 14.4 Å². The van der Waals surface area contributed by atoms with E-state index in [4.69, 9.17) is 0 Å². The lowest BCUT2D eigenvalue weighted by Gasteiger charge is -2.37. The fourth-order valence-electron chi connectivity index (χ4n) is 4.09. The van der Waals surface area contributed by atoms with Crippen LogP contribution in [0.2, 0.25) is 0 Å². The molecule has 1 spiro atoms. The number of nitrogens with zero attached hydrogens (tertiary/aromatic N) is 3. The van der Waals surface area contributed by atoms with E-state index in [1.807, 2.05) is 20.0 Å². The van der Waals surface area contributed by atoms with Crippen LogP contribution in [-0.2, 0) is 11.8 Å². The van der Waals surface area contributed by atoms with Gasteiger partial charge in [0, 0.05) is 39.4 Å². The van der Waals surface area contributed by atoms with E-state index in [1.165, 1.54) is 4.57 Å². The van der Waals surface area contributed by atoms with Crippen molar-refractivity contribution in [1.29, 1.82) is 0 Å². The number of aromatic nitrogens is 1. The maximum Gasteiger partial charge on any atom is 0.263 e. The first-order valence-electron chi connectivity index (χ1n) is 8.49. The first kappa shape index (κ1) is 16.7. The summed E-state index contributed by atoms with van der Waals surface area (Å²) < 4.78 is 1.51. The summed E-state index contributed by atoms with van der Waals surface area (Å²) in [5, 5.41) is 0. The second-order valence-electron chi connectivity index (χ2n) is 7.30. The van der Waals surface area contributed by atoms with Crippen molar-refractivity contribution >= 4 is 11.8 Å². The predicted octanol–water partition coefficient (Wildman–Crippen LogP) is 1.09. The average Bonchev–Trinajstić information content (AvgIpc) is 2.95. The maximum atomic E-state index is 13.0. The van der Waals surface area contributed by atoms with Crippen LogP contribution in [0.15, 0.2) is 10.9 Å². The molecule has 0 aliphatic carbocycles. The Bertz CT molecular complexity index is 768. The molecule has 2 saturated heterocycles. The molecule has 1 atom stereocenters. The molecule has 0 unspecified atom stereocenters. The van der Waals surface area contributed by atoms with Crippen molar-refractivity contribution in [2.75, 3.05) is 26.7 Å². The molecule has 3 heterocycles. The van der Waals surface area contributed by atoms with Gasteiger partial charge in [0.05, 0.1) is 5.41 Å². The molecule has 1 aromatic rings. The van der Waals surface area contributed by atoms with Gasteiger partial charge in [0.25, 0.3) is 11.5 Å². The molecule has 2 aliphatic rings. The zero-order valence-corrected chi connectivity index (χ0v) is 14.9. The van der Waals surface area contributed by atoms with E-state index in [-0.39, 0.29) is 22.9 Å². The van der Waals surface area contributed by atoms with Crippen LogP contribution in [-0.4, -0.2) is 52.9 Å². The van der Waals surface area contributed by atoms with Crippen molar-refractivity contribution in [3.63, 3.8) is 0 Å². The molecule has 1 aromatic heterocycles. The van der Waals surface area contributed by atoms with Crippen molar-refractivity contribution in [3.05, 3.63) is 33.2 Å². The van der Waals surface area contributed by atoms with Crippen LogP contribution in [0.1, 0.15) is 40.9 Å². The number of carbonyl (C=O) groups excluding carboxylic acids is 2. The van der Waals surface area contributed by atoms with Crippen molar-refractivity contribution in [1.82, 2.24) is 14.4 Å². The lowest BCUT2D eigenvalue weighted by atomic mass is 9.78. The van der Waals surface area contributed by atoms with Gasteiger partial charge in [0.15, 0.2) is 0 Å². The summed E-state index contributed by atoms with van der Waals surface area (Å²) in [4.78, 5) is 41.6. The number of amides is 2. The van der Waals surface area contributed by atoms with Crippen LogP contribution in [0, 0.1) is 19.3 Å². The molecule has 0 saturated carbocycles. The Balaban J connectivity index is 1.90. The van der Waals surface area contributed by atoms with E-state index in [0.717, 1.165) is 25.1 Å². The molecular weight excluding hydrogens is 306 g/mol. The minimum atomic E-state index is -0.452. The van der Waals surface area contributed by atoms with Gasteiger partial charge in [-0.15, -0.1) is 0 Å². The first-order chi connectivity index (χ1) is 11.3. The SMILES string of the molecule is Cc1cc(C)n(C)c(=O)c1C(=O)N1CC[C@]2(CCCN(C)C2=O)C1. The minimum Gasteiger partial charge on any atom is -0.345 e. The highest BCUT2D eigenvalue weighted by molar-refractivity contribution is 5.96. The summed E-state index contributed by atoms with van der Waals surface area (Å²) in [5.41, 5.74) is 1.05. The molecule has 0 N–H and O–H groups in total. The monoisotopic (exact) mass is 331 g/mol. The smallest absolute Gasteiger partial charge is 0.263 e. The fourth-order valence-corrected chi connectivity index (χ4v) is 4.09. The van der Waals surface area contributed by atoms with Crippen LogP contribution in [0.5, 0.6) is 0 Å². The molecular formula is C18H25N3O3. The van der Waals surface area contributed by atoms with E-state index in [0.29, 0.717) is 25.1 Å². The highest BCUT2D eigenvalue weighted by Gasteiger charge is 2.49. The largest absolute Gasteiger partial charge is 0.345 e. The highest BCUT2D eigenvalue weighted by atomic mass is 16.2. The Morgan fingerprint density at radius 3 is 2.54 bits per heavy atom. The third-order valence-electron chi connectivity index (χ3n) is 5.67. The summed E-state index contributed by atoms with van der Waals surface area (Å²) >= 11 is 0. The second kappa shape index (κ2) is 5.76. The van der Waals surface area contributed by atoms with E-state index in [9.17, 15) is 14.4 Å². The number of rotatable bonds is 1. The minimum absolute atomic E-state index is 0.137. The predicted molar refractivity (Wildman–Crippen MR) is 91.0 cm³/mol. The summed E-state index contributed by atoms with van der Waals surface area (Å²) in [6.07, 6.45) is 2.48. The van der Waals surface area contributed by atoms with Gasteiger partial charge in [-0.2, -0.15) is 0 Å². The molecule has 2 aliphatic heterocycles. The summed E-state index contributed by atoms with van der Waals surface area (Å²) in [5.74, 6) is -0.108. The molecule has 0 bridgehead atoms. The molecule has 3 rings (SSSR count). The normalized spacial score (nSPS) is 24.1. The molecule has 6 heteroatoms. The van der Waals surface area contributed by atoms with Crippen molar-refractivity contribution in [2.24, 2.45) is 12.5 Å². The number of piperidine rings is 1. The molecule has 2 fully saturated rings. The third kappa shape index (κ3) is 2.44. The number of hydrogen-bond donors (Lipinski definition) is 0. The zero-order chi connectivity index (χ0) is 17.6. The summed E-state index contributed by atoms with van der Waals surface area (Å²) in [6, 6.07) is 1.86. The Morgan fingerprint density at radius 2 is 1.83 bits per heavy atom. The van der Waals surface area contributed by atoms with E-state index in [1.54, 1.807) is 23.8 Å². The van der Waals surface area contributed by atoms with Gasteiger partial charge in [-0.05, 0) is 44.7 Å². The van der Waals surface area contributed by atoms with E-state index >= 15 is 0 Å². The standard InChI is InChI=1S/C18H25N3O3/c1-12-10-13(2)20(4)15(22)14(12)16(23)21-9-7-18(11-21)6-5-8-19(3)17(18)24/h10H,5-9,11H2,1-4H3/t18-/m1/s1. The van der Waals surface area contributed by atoms with Crippen molar-refractivity contribution < 1.29 is 9.59 Å². The van der Waals surface area contributed by atoms with Crippen LogP contribution in [0.3, 0.4) is 0 Å². The number of likely N-dealkylation sites (tertiary alicyclic amines) is 2. The molecule has 0 aromatic carbocycles. The van der Waals surface area contributed by atoms with Gasteiger partial charge in [0.1, 0.15) is 5.56 Å². The van der Waals surface area contributed by atoms with Gasteiger partial charge >= 0.3 is 0 Å². The van der Waals surface area contributed by atoms with Gasteiger partial charge in [-0.25, -0.2) is 0 Å². The number of pyridine rings is 1. The molecule has 6 nitrogen and oxygen atoms in total. The molecule has 2 amide bonds. The summed E-state index contributed by atoms with van der Waals surface area (Å²) in [6.45, 7) is 5.39.